The van der Waals surface area contributed by atoms with Crippen LogP contribution in [0.4, 0.5) is 13.2 Å². The van der Waals surface area contributed by atoms with E-state index in [0.29, 0.717) is 12.1 Å². The van der Waals surface area contributed by atoms with Gasteiger partial charge in [-0.1, -0.05) is 30.3 Å². The molecule has 0 saturated carbocycles. The minimum absolute atomic E-state index is 0.143. The molecule has 0 atom stereocenters. The number of amides is 1. The van der Waals surface area contributed by atoms with Crippen LogP contribution in [0.1, 0.15) is 16.7 Å². The van der Waals surface area contributed by atoms with Crippen LogP contribution in [0, 0.1) is 11.3 Å². The van der Waals surface area contributed by atoms with Crippen molar-refractivity contribution in [2.75, 3.05) is 7.05 Å². The number of alkyl halides is 3. The highest BCUT2D eigenvalue weighted by Crippen LogP contribution is 2.27. The fraction of sp³-hybridized carbons (Fsp3) is 0.158. The van der Waals surface area contributed by atoms with Crippen LogP contribution >= 0.6 is 0 Å². The second-order valence-corrected chi connectivity index (χ2v) is 5.42. The van der Waals surface area contributed by atoms with Gasteiger partial charge in [0.1, 0.15) is 5.75 Å². The number of hydrogen-bond acceptors (Lipinski definition) is 3. The molecular formula is C19H15F3N2O2. The number of nitriles is 1. The van der Waals surface area contributed by atoms with Crippen LogP contribution in [0.25, 0.3) is 6.08 Å². The number of hydrogen-bond donors (Lipinski definition) is 0. The van der Waals surface area contributed by atoms with Crippen molar-refractivity contribution in [2.24, 2.45) is 0 Å². The Kier molecular flexibility index (Phi) is 6.02. The molecule has 1 amide bonds. The Morgan fingerprint density at radius 3 is 2.46 bits per heavy atom. The lowest BCUT2D eigenvalue weighted by Gasteiger charge is -2.15. The zero-order valence-corrected chi connectivity index (χ0v) is 13.8. The Morgan fingerprint density at radius 2 is 1.85 bits per heavy atom. The van der Waals surface area contributed by atoms with Crippen molar-refractivity contribution in [1.29, 1.82) is 5.26 Å². The number of halogens is 3. The lowest BCUT2D eigenvalue weighted by molar-refractivity contribution is -0.274. The van der Waals surface area contributed by atoms with E-state index in [2.05, 4.69) is 4.74 Å². The van der Waals surface area contributed by atoms with Crippen LogP contribution in [0.5, 0.6) is 5.75 Å². The Bertz CT molecular complexity index is 837. The summed E-state index contributed by atoms with van der Waals surface area (Å²) >= 11 is 0. The van der Waals surface area contributed by atoms with E-state index in [0.717, 1.165) is 5.56 Å². The summed E-state index contributed by atoms with van der Waals surface area (Å²) in [6.07, 6.45) is -2.35. The zero-order chi connectivity index (χ0) is 19.2. The first kappa shape index (κ1) is 19.1. The maximum Gasteiger partial charge on any atom is 0.573 e. The minimum atomic E-state index is -4.81. The monoisotopic (exact) mass is 360 g/mol. The highest BCUT2D eigenvalue weighted by molar-refractivity contribution is 5.92. The second-order valence-electron chi connectivity index (χ2n) is 5.42. The van der Waals surface area contributed by atoms with Gasteiger partial charge in [-0.25, -0.2) is 0 Å². The third-order valence-electron chi connectivity index (χ3n) is 3.43. The molecule has 2 aromatic carbocycles. The SMILES string of the molecule is CN(Cc1ccc(C#N)cc1)C(=O)/C=C/c1ccccc1OC(F)(F)F. The fourth-order valence-corrected chi connectivity index (χ4v) is 2.16. The molecule has 2 aromatic rings. The molecule has 7 heteroatoms. The molecule has 0 aliphatic rings. The first-order chi connectivity index (χ1) is 12.3. The van der Waals surface area contributed by atoms with E-state index < -0.39 is 6.36 Å². The van der Waals surface area contributed by atoms with Crippen LogP contribution in [0.3, 0.4) is 0 Å². The maximum atomic E-state index is 12.4. The molecule has 0 spiro atoms. The average Bonchev–Trinajstić information content (AvgIpc) is 2.60. The molecule has 0 aromatic heterocycles. The van der Waals surface area contributed by atoms with Gasteiger partial charge >= 0.3 is 6.36 Å². The number of nitrogens with zero attached hydrogens (tertiary/aromatic N) is 2. The van der Waals surface area contributed by atoms with E-state index in [9.17, 15) is 18.0 Å². The molecule has 0 aliphatic heterocycles. The summed E-state index contributed by atoms with van der Waals surface area (Å²) in [5, 5.41) is 8.77. The highest BCUT2D eigenvalue weighted by atomic mass is 19.4. The quantitative estimate of drug-likeness (QED) is 0.754. The highest BCUT2D eigenvalue weighted by Gasteiger charge is 2.31. The van der Waals surface area contributed by atoms with Crippen molar-refractivity contribution >= 4 is 12.0 Å². The smallest absolute Gasteiger partial charge is 0.405 e. The summed E-state index contributed by atoms with van der Waals surface area (Å²) in [4.78, 5) is 13.6. The lowest BCUT2D eigenvalue weighted by atomic mass is 10.1. The van der Waals surface area contributed by atoms with Crippen LogP contribution in [-0.4, -0.2) is 24.2 Å². The van der Waals surface area contributed by atoms with Crippen molar-refractivity contribution in [3.05, 3.63) is 71.3 Å². The Morgan fingerprint density at radius 1 is 1.19 bits per heavy atom. The maximum absolute atomic E-state index is 12.4. The predicted octanol–water partition coefficient (Wildman–Crippen LogP) is 4.13. The van der Waals surface area contributed by atoms with Crippen LogP contribution in [-0.2, 0) is 11.3 Å². The van der Waals surface area contributed by atoms with Crippen molar-refractivity contribution < 1.29 is 22.7 Å². The number of benzene rings is 2. The minimum Gasteiger partial charge on any atom is -0.405 e. The molecule has 0 heterocycles. The average molecular weight is 360 g/mol. The molecule has 0 fully saturated rings. The summed E-state index contributed by atoms with van der Waals surface area (Å²) in [6, 6.07) is 14.3. The van der Waals surface area contributed by atoms with Gasteiger partial charge < -0.3 is 9.64 Å². The number of ether oxygens (including phenoxy) is 1. The summed E-state index contributed by atoms with van der Waals surface area (Å²) in [5.41, 5.74) is 1.49. The third-order valence-corrected chi connectivity index (χ3v) is 3.43. The molecule has 0 N–H and O–H groups in total. The van der Waals surface area contributed by atoms with Crippen molar-refractivity contribution in [3.8, 4) is 11.8 Å². The number of para-hydroxylation sites is 1. The zero-order valence-electron chi connectivity index (χ0n) is 13.8. The van der Waals surface area contributed by atoms with E-state index in [1.165, 1.54) is 35.3 Å². The number of carbonyl (C=O) groups excluding carboxylic acids is 1. The molecule has 0 bridgehead atoms. The van der Waals surface area contributed by atoms with Gasteiger partial charge in [-0.05, 0) is 29.8 Å². The van der Waals surface area contributed by atoms with Crippen LogP contribution in [0.15, 0.2) is 54.6 Å². The molecular weight excluding hydrogens is 345 g/mol. The van der Waals surface area contributed by atoms with Gasteiger partial charge in [0.2, 0.25) is 5.91 Å². The topological polar surface area (TPSA) is 53.3 Å². The largest absolute Gasteiger partial charge is 0.573 e. The van der Waals surface area contributed by atoms with Gasteiger partial charge in [0, 0.05) is 25.2 Å². The van der Waals surface area contributed by atoms with Gasteiger partial charge in [-0.3, -0.25) is 4.79 Å². The predicted molar refractivity (Wildman–Crippen MR) is 89.8 cm³/mol. The first-order valence-corrected chi connectivity index (χ1v) is 7.55. The van der Waals surface area contributed by atoms with Crippen molar-refractivity contribution in [3.63, 3.8) is 0 Å². The Balaban J connectivity index is 2.05. The molecule has 26 heavy (non-hydrogen) atoms. The standard InChI is InChI=1S/C19H15F3N2O2/c1-24(13-15-8-6-14(12-23)7-9-15)18(25)11-10-16-4-2-3-5-17(16)26-19(20,21)22/h2-11H,13H2,1H3/b11-10+. The van der Waals surface area contributed by atoms with Crippen molar-refractivity contribution in [1.82, 2.24) is 4.90 Å². The Labute approximate surface area is 148 Å². The summed E-state index contributed by atoms with van der Waals surface area (Å²) in [5.74, 6) is -0.755. The van der Waals surface area contributed by atoms with E-state index in [-0.39, 0.29) is 17.2 Å². The lowest BCUT2D eigenvalue weighted by Crippen LogP contribution is -2.24. The Hall–Kier alpha value is -3.27. The normalized spacial score (nSPS) is 11.2. The van der Waals surface area contributed by atoms with E-state index in [4.69, 9.17) is 5.26 Å². The molecule has 4 nitrogen and oxygen atoms in total. The van der Waals surface area contributed by atoms with Gasteiger partial charge in [-0.2, -0.15) is 5.26 Å². The van der Waals surface area contributed by atoms with Gasteiger partial charge in [0.15, 0.2) is 0 Å². The molecule has 0 unspecified atom stereocenters. The van der Waals surface area contributed by atoms with Crippen LogP contribution < -0.4 is 4.74 Å². The fourth-order valence-electron chi connectivity index (χ4n) is 2.16. The summed E-state index contributed by atoms with van der Waals surface area (Å²) in [7, 11) is 1.57. The van der Waals surface area contributed by atoms with Crippen LogP contribution in [0.2, 0.25) is 0 Å². The van der Waals surface area contributed by atoms with Gasteiger partial charge in [0.25, 0.3) is 0 Å². The van der Waals surface area contributed by atoms with E-state index in [1.807, 2.05) is 6.07 Å². The number of carbonyl (C=O) groups is 1. The third kappa shape index (κ3) is 5.67. The first-order valence-electron chi connectivity index (χ1n) is 7.55. The van der Waals surface area contributed by atoms with E-state index in [1.54, 1.807) is 37.4 Å². The van der Waals surface area contributed by atoms with Gasteiger partial charge in [0.05, 0.1) is 11.6 Å². The summed E-state index contributed by atoms with van der Waals surface area (Å²) < 4.78 is 41.2. The molecule has 0 radical (unpaired) electrons. The van der Waals surface area contributed by atoms with Crippen molar-refractivity contribution in [2.45, 2.75) is 12.9 Å². The summed E-state index contributed by atoms with van der Waals surface area (Å²) in [6.45, 7) is 0.301. The molecule has 0 aliphatic carbocycles. The second kappa shape index (κ2) is 8.21. The molecule has 0 saturated heterocycles. The van der Waals surface area contributed by atoms with E-state index >= 15 is 0 Å². The molecule has 134 valence electrons. The molecule has 2 rings (SSSR count). The van der Waals surface area contributed by atoms with Gasteiger partial charge in [-0.15, -0.1) is 13.2 Å². The number of rotatable bonds is 5. The number of likely N-dealkylation sites (N-methyl/N-ethyl adjacent to an activating group) is 1.